The van der Waals surface area contributed by atoms with E-state index in [1.807, 2.05) is 60.7 Å². The summed E-state index contributed by atoms with van der Waals surface area (Å²) in [6, 6.07) is 59.0. The Bertz CT molecular complexity index is 3110. The Morgan fingerprint density at radius 1 is 0.412 bits per heavy atom. The van der Waals surface area contributed by atoms with E-state index in [2.05, 4.69) is 20.8 Å². The largest absolute Gasteiger partial charge is 0.459 e. The number of hydrogen-bond donors (Lipinski definition) is 2. The standard InChI is InChI=1S/C63H60O16Si/c1-63(2,3)80(46-35-21-9-22-36-46,47-37-23-10-24-38-47)72-40-49-51(75-57(66)42-27-13-5-14-28-42)50(64)53(76-58(67)43-29-15-6-16-30-43)62(74-49)79-52-48(39-71-56(65)41-25-11-4-12-26-41)73-61(70)55(78-60(69)45-33-19-8-20-34-45)54(52)77-59(68)44-31-17-7-18-32-44/h4-38,48-55,61-62,64,70H,39-40H2,1-3H3/t48-,49-,50+,51+,52-,53-,54+,55+,61+,62+/m1/s1. The Morgan fingerprint density at radius 2 is 0.750 bits per heavy atom. The van der Waals surface area contributed by atoms with Crippen LogP contribution in [0.3, 0.4) is 0 Å². The Kier molecular flexibility index (Phi) is 18.2. The summed E-state index contributed by atoms with van der Waals surface area (Å²) in [4.78, 5) is 70.4. The van der Waals surface area contributed by atoms with Gasteiger partial charge in [0.2, 0.25) is 0 Å². The van der Waals surface area contributed by atoms with Gasteiger partial charge < -0.3 is 52.5 Å². The highest BCUT2D eigenvalue weighted by Gasteiger charge is 2.58. The fourth-order valence-electron chi connectivity index (χ4n) is 9.87. The monoisotopic (exact) mass is 1100 g/mol. The first-order valence-corrected chi connectivity index (χ1v) is 28.0. The SMILES string of the molecule is CC(C)(C)[Si](OC[C@H]1O[C@@H](O[C@H]2[C@H](OC(=O)c3ccccc3)[C@H](OC(=O)c3ccccc3)[C@@H](O)O[C@@H]2COC(=O)c2ccccc2)[C@H](OC(=O)c2ccccc2)[C@@H](O)[C@H]1OC(=O)c1ccccc1)(c1ccccc1)c1ccccc1. The molecular formula is C63H60O16Si. The molecule has 0 bridgehead atoms. The smallest absolute Gasteiger partial charge is 0.338 e. The quantitative estimate of drug-likeness (QED) is 0.0484. The summed E-state index contributed by atoms with van der Waals surface area (Å²) in [5.74, 6) is -4.52. The highest BCUT2D eigenvalue weighted by molar-refractivity contribution is 6.99. The van der Waals surface area contributed by atoms with Gasteiger partial charge in [0.1, 0.15) is 31.0 Å². The molecule has 0 amide bonds. The highest BCUT2D eigenvalue weighted by atomic mass is 28.4. The third-order valence-corrected chi connectivity index (χ3v) is 18.8. The van der Waals surface area contributed by atoms with Crippen LogP contribution in [0.4, 0.5) is 0 Å². The van der Waals surface area contributed by atoms with Gasteiger partial charge >= 0.3 is 29.8 Å². The predicted molar refractivity (Wildman–Crippen MR) is 293 cm³/mol. The number of esters is 5. The second-order valence-electron chi connectivity index (χ2n) is 20.1. The van der Waals surface area contributed by atoms with E-state index in [1.165, 1.54) is 60.7 Å². The number of carbonyl (C=O) groups is 5. The molecule has 2 fully saturated rings. The molecule has 7 aromatic carbocycles. The predicted octanol–water partition coefficient (Wildman–Crippen LogP) is 7.51. The van der Waals surface area contributed by atoms with E-state index in [-0.39, 0.29) is 34.4 Å². The van der Waals surface area contributed by atoms with Crippen LogP contribution in [0.5, 0.6) is 0 Å². The molecule has 2 N–H and O–H groups in total. The van der Waals surface area contributed by atoms with Gasteiger partial charge in [0.05, 0.1) is 34.4 Å². The maximum absolute atomic E-state index is 14.3. The number of carbonyl (C=O) groups excluding carboxylic acids is 5. The molecule has 80 heavy (non-hydrogen) atoms. The van der Waals surface area contributed by atoms with Gasteiger partial charge in [-0.2, -0.15) is 0 Å². The molecule has 9 rings (SSSR count). The lowest BCUT2D eigenvalue weighted by Gasteiger charge is -2.49. The minimum Gasteiger partial charge on any atom is -0.459 e. The molecule has 0 saturated carbocycles. The van der Waals surface area contributed by atoms with Crippen molar-refractivity contribution >= 4 is 48.5 Å². The van der Waals surface area contributed by atoms with Gasteiger partial charge in [-0.25, -0.2) is 24.0 Å². The van der Waals surface area contributed by atoms with Gasteiger partial charge in [-0.1, -0.05) is 172 Å². The number of benzene rings is 7. The van der Waals surface area contributed by atoms with Crippen molar-refractivity contribution in [3.05, 3.63) is 240 Å². The van der Waals surface area contributed by atoms with Gasteiger partial charge in [-0.05, 0) is 76.1 Å². The van der Waals surface area contributed by atoms with Crippen LogP contribution in [-0.2, 0) is 42.3 Å². The average molecular weight is 1100 g/mol. The first-order valence-electron chi connectivity index (χ1n) is 26.1. The van der Waals surface area contributed by atoms with Crippen molar-refractivity contribution in [2.75, 3.05) is 13.2 Å². The van der Waals surface area contributed by atoms with Crippen LogP contribution in [0.25, 0.3) is 0 Å². The second kappa shape index (κ2) is 25.8. The van der Waals surface area contributed by atoms with Gasteiger partial charge in [-0.3, -0.25) is 0 Å². The molecule has 2 saturated heterocycles. The number of hydrogen-bond acceptors (Lipinski definition) is 16. The summed E-state index contributed by atoms with van der Waals surface area (Å²) in [6.45, 7) is 5.13. The van der Waals surface area contributed by atoms with E-state index in [0.717, 1.165) is 10.4 Å². The van der Waals surface area contributed by atoms with Crippen LogP contribution in [0.2, 0.25) is 5.04 Å². The highest BCUT2D eigenvalue weighted by Crippen LogP contribution is 2.39. The lowest BCUT2D eigenvalue weighted by molar-refractivity contribution is -0.352. The normalized spacial score (nSPS) is 22.9. The number of rotatable bonds is 18. The summed E-state index contributed by atoms with van der Waals surface area (Å²) in [5, 5.41) is 26.0. The van der Waals surface area contributed by atoms with Crippen LogP contribution >= 0.6 is 0 Å². The molecule has 412 valence electrons. The number of aliphatic hydroxyl groups excluding tert-OH is 2. The molecule has 0 unspecified atom stereocenters. The van der Waals surface area contributed by atoms with Crippen LogP contribution in [-0.4, -0.2) is 123 Å². The summed E-state index contributed by atoms with van der Waals surface area (Å²) in [7, 11) is -3.45. The van der Waals surface area contributed by atoms with Crippen LogP contribution in [0.15, 0.2) is 212 Å². The molecule has 0 aromatic heterocycles. The molecule has 0 radical (unpaired) electrons. The molecule has 0 aliphatic carbocycles. The van der Waals surface area contributed by atoms with E-state index in [0.29, 0.717) is 0 Å². The van der Waals surface area contributed by atoms with E-state index < -0.39 is 111 Å². The van der Waals surface area contributed by atoms with Crippen molar-refractivity contribution < 1.29 is 76.5 Å². The molecule has 16 nitrogen and oxygen atoms in total. The van der Waals surface area contributed by atoms with Crippen LogP contribution < -0.4 is 10.4 Å². The lowest BCUT2D eigenvalue weighted by Crippen LogP contribution is -2.69. The van der Waals surface area contributed by atoms with E-state index in [1.54, 1.807) is 91.0 Å². The maximum atomic E-state index is 14.3. The first kappa shape index (κ1) is 56.6. The maximum Gasteiger partial charge on any atom is 0.338 e. The van der Waals surface area contributed by atoms with Crippen molar-refractivity contribution in [1.82, 2.24) is 0 Å². The van der Waals surface area contributed by atoms with Crippen molar-refractivity contribution in [3.8, 4) is 0 Å². The molecule has 2 heterocycles. The molecule has 0 spiro atoms. The Hall–Kier alpha value is -8.13. The zero-order chi connectivity index (χ0) is 56.2. The lowest BCUT2D eigenvalue weighted by atomic mass is 9.96. The third kappa shape index (κ3) is 13.0. The topological polar surface area (TPSA) is 209 Å². The minimum absolute atomic E-state index is 0.0510. The fourth-order valence-corrected chi connectivity index (χ4v) is 14.4. The Balaban J connectivity index is 1.17. The Morgan fingerprint density at radius 3 is 1.15 bits per heavy atom. The molecule has 17 heteroatoms. The van der Waals surface area contributed by atoms with E-state index in [9.17, 15) is 34.2 Å². The van der Waals surface area contributed by atoms with Crippen LogP contribution in [0.1, 0.15) is 72.6 Å². The van der Waals surface area contributed by atoms with Gasteiger partial charge in [0.15, 0.2) is 37.0 Å². The average Bonchev–Trinajstić information content (AvgIpc) is 3.57. The van der Waals surface area contributed by atoms with E-state index in [4.69, 9.17) is 42.3 Å². The van der Waals surface area contributed by atoms with Crippen LogP contribution in [0, 0.1) is 0 Å². The summed E-state index contributed by atoms with van der Waals surface area (Å²) in [6.07, 6.45) is -18.0. The molecule has 2 aliphatic rings. The van der Waals surface area contributed by atoms with E-state index >= 15 is 0 Å². The fraction of sp³-hybridized carbons (Fsp3) is 0.254. The van der Waals surface area contributed by atoms with Gasteiger partial charge in [0.25, 0.3) is 8.32 Å². The first-order chi connectivity index (χ1) is 38.7. The summed E-state index contributed by atoms with van der Waals surface area (Å²) >= 11 is 0. The molecule has 10 atom stereocenters. The van der Waals surface area contributed by atoms with Gasteiger partial charge in [0, 0.05) is 0 Å². The zero-order valence-electron chi connectivity index (χ0n) is 44.0. The van der Waals surface area contributed by atoms with Crippen molar-refractivity contribution in [2.24, 2.45) is 0 Å². The number of aliphatic hydroxyl groups is 2. The summed E-state index contributed by atoms with van der Waals surface area (Å²) in [5.41, 5.74) is 0.471. The zero-order valence-corrected chi connectivity index (χ0v) is 45.0. The molecule has 2 aliphatic heterocycles. The van der Waals surface area contributed by atoms with Gasteiger partial charge in [-0.15, -0.1) is 0 Å². The summed E-state index contributed by atoms with van der Waals surface area (Å²) < 4.78 is 57.7. The molecule has 7 aromatic rings. The van der Waals surface area contributed by atoms with Crippen molar-refractivity contribution in [1.29, 1.82) is 0 Å². The number of ether oxygens (including phenoxy) is 8. The van der Waals surface area contributed by atoms with Crippen molar-refractivity contribution in [2.45, 2.75) is 87.2 Å². The second-order valence-corrected chi connectivity index (χ2v) is 24.4. The Labute approximate surface area is 463 Å². The minimum atomic E-state index is -3.45. The third-order valence-electron chi connectivity index (χ3n) is 13.8. The molecular weight excluding hydrogens is 1040 g/mol. The van der Waals surface area contributed by atoms with Crippen molar-refractivity contribution in [3.63, 3.8) is 0 Å².